The van der Waals surface area contributed by atoms with Crippen molar-refractivity contribution < 1.29 is 9.59 Å². The molecular formula is C16H23N3O2. The molecule has 0 radical (unpaired) electrons. The quantitative estimate of drug-likeness (QED) is 0.917. The Kier molecular flexibility index (Phi) is 4.94. The second-order valence-electron chi connectivity index (χ2n) is 6.13. The summed E-state index contributed by atoms with van der Waals surface area (Å²) >= 11 is 0. The van der Waals surface area contributed by atoms with Crippen molar-refractivity contribution in [1.82, 2.24) is 15.2 Å². The van der Waals surface area contributed by atoms with Gasteiger partial charge < -0.3 is 10.2 Å². The lowest BCUT2D eigenvalue weighted by atomic mass is 10.0. The zero-order valence-electron chi connectivity index (χ0n) is 12.9. The molecule has 21 heavy (non-hydrogen) atoms. The molecule has 2 amide bonds. The van der Waals surface area contributed by atoms with Gasteiger partial charge in [0.2, 0.25) is 11.8 Å². The second-order valence-corrected chi connectivity index (χ2v) is 6.13. The van der Waals surface area contributed by atoms with Crippen molar-refractivity contribution in [2.45, 2.75) is 46.2 Å². The predicted octanol–water partition coefficient (Wildman–Crippen LogP) is 1.65. The Hall–Kier alpha value is -1.91. The Balaban J connectivity index is 2.13. The summed E-state index contributed by atoms with van der Waals surface area (Å²) in [4.78, 5) is 30.3. The summed E-state index contributed by atoms with van der Waals surface area (Å²) in [5, 5.41) is 2.84. The molecule has 114 valence electrons. The molecule has 0 spiro atoms. The van der Waals surface area contributed by atoms with Gasteiger partial charge in [-0.15, -0.1) is 0 Å². The van der Waals surface area contributed by atoms with E-state index in [1.54, 1.807) is 17.3 Å². The lowest BCUT2D eigenvalue weighted by molar-refractivity contribution is -0.134. The summed E-state index contributed by atoms with van der Waals surface area (Å²) in [6, 6.07) is 1.62. The van der Waals surface area contributed by atoms with Gasteiger partial charge in [-0.3, -0.25) is 14.6 Å². The maximum absolute atomic E-state index is 12.6. The molecule has 5 nitrogen and oxygen atoms in total. The van der Waals surface area contributed by atoms with E-state index in [1.165, 1.54) is 0 Å². The van der Waals surface area contributed by atoms with Gasteiger partial charge in [0.05, 0.1) is 0 Å². The number of hydrogen-bond acceptors (Lipinski definition) is 3. The fraction of sp³-hybridized carbons (Fsp3) is 0.562. The molecular weight excluding hydrogens is 266 g/mol. The molecule has 1 aliphatic heterocycles. The van der Waals surface area contributed by atoms with Crippen molar-refractivity contribution in [1.29, 1.82) is 0 Å². The van der Waals surface area contributed by atoms with E-state index < -0.39 is 6.04 Å². The van der Waals surface area contributed by atoms with Gasteiger partial charge in [-0.25, -0.2) is 0 Å². The van der Waals surface area contributed by atoms with E-state index in [9.17, 15) is 9.59 Å². The van der Waals surface area contributed by atoms with Crippen molar-refractivity contribution in [2.24, 2.45) is 5.92 Å². The summed E-state index contributed by atoms with van der Waals surface area (Å²) in [7, 11) is 0. The lowest BCUT2D eigenvalue weighted by Gasteiger charge is -2.25. The zero-order chi connectivity index (χ0) is 15.4. The van der Waals surface area contributed by atoms with Crippen LogP contribution in [0.3, 0.4) is 0 Å². The fourth-order valence-electron chi connectivity index (χ4n) is 2.61. The molecule has 1 fully saturated rings. The van der Waals surface area contributed by atoms with Crippen LogP contribution in [0, 0.1) is 12.8 Å². The molecule has 1 unspecified atom stereocenters. The minimum atomic E-state index is -0.405. The van der Waals surface area contributed by atoms with Crippen molar-refractivity contribution >= 4 is 11.8 Å². The smallest absolute Gasteiger partial charge is 0.245 e. The standard InChI is InChI=1S/C16H23N3O2/c1-11(2)6-14-16(21)19(5-4-15(20)18-14)10-13-7-12(3)8-17-9-13/h7-9,11,14H,4-6,10H2,1-3H3,(H,18,20). The van der Waals surface area contributed by atoms with Crippen molar-refractivity contribution in [3.05, 3.63) is 29.6 Å². The Labute approximate surface area is 125 Å². The van der Waals surface area contributed by atoms with Gasteiger partial charge in [0, 0.05) is 31.9 Å². The first kappa shape index (κ1) is 15.5. The highest BCUT2D eigenvalue weighted by Gasteiger charge is 2.30. The number of amides is 2. The lowest BCUT2D eigenvalue weighted by Crippen LogP contribution is -2.45. The van der Waals surface area contributed by atoms with Crippen LogP contribution in [-0.2, 0) is 16.1 Å². The first-order valence-corrected chi connectivity index (χ1v) is 7.44. The minimum absolute atomic E-state index is 0.0102. The molecule has 2 heterocycles. The predicted molar refractivity (Wildman–Crippen MR) is 80.4 cm³/mol. The van der Waals surface area contributed by atoms with Crippen LogP contribution in [0.4, 0.5) is 0 Å². The molecule has 0 aromatic carbocycles. The average molecular weight is 289 g/mol. The molecule has 1 aliphatic rings. The van der Waals surface area contributed by atoms with Crippen LogP contribution in [0.2, 0.25) is 0 Å². The number of carbonyl (C=O) groups is 2. The molecule has 0 aliphatic carbocycles. The molecule has 1 atom stereocenters. The Bertz CT molecular complexity index is 528. The van der Waals surface area contributed by atoms with Gasteiger partial charge in [0.15, 0.2) is 0 Å². The van der Waals surface area contributed by atoms with Crippen molar-refractivity contribution in [3.63, 3.8) is 0 Å². The monoisotopic (exact) mass is 289 g/mol. The Morgan fingerprint density at radius 2 is 2.14 bits per heavy atom. The number of pyridine rings is 1. The topological polar surface area (TPSA) is 62.3 Å². The summed E-state index contributed by atoms with van der Waals surface area (Å²) < 4.78 is 0. The van der Waals surface area contributed by atoms with Crippen LogP contribution in [0.25, 0.3) is 0 Å². The number of nitrogens with zero attached hydrogens (tertiary/aromatic N) is 2. The summed E-state index contributed by atoms with van der Waals surface area (Å²) in [5.74, 6) is 0.328. The van der Waals surface area contributed by atoms with E-state index in [1.807, 2.05) is 13.0 Å². The maximum atomic E-state index is 12.6. The third-order valence-electron chi connectivity index (χ3n) is 3.57. The van der Waals surface area contributed by atoms with E-state index in [0.29, 0.717) is 31.8 Å². The molecule has 1 aromatic heterocycles. The zero-order valence-corrected chi connectivity index (χ0v) is 12.9. The summed E-state index contributed by atoms with van der Waals surface area (Å²) in [5.41, 5.74) is 2.07. The number of carbonyl (C=O) groups excluding carboxylic acids is 2. The van der Waals surface area contributed by atoms with Crippen molar-refractivity contribution in [2.75, 3.05) is 6.54 Å². The number of aryl methyl sites for hydroxylation is 1. The third kappa shape index (κ3) is 4.28. The summed E-state index contributed by atoms with van der Waals surface area (Å²) in [6.45, 7) is 7.07. The molecule has 2 rings (SSSR count). The van der Waals surface area contributed by atoms with Gasteiger partial charge in [-0.2, -0.15) is 0 Å². The van der Waals surface area contributed by atoms with E-state index >= 15 is 0 Å². The van der Waals surface area contributed by atoms with Crippen LogP contribution in [0.15, 0.2) is 18.5 Å². The average Bonchev–Trinajstić information content (AvgIpc) is 2.52. The minimum Gasteiger partial charge on any atom is -0.344 e. The fourth-order valence-corrected chi connectivity index (χ4v) is 2.61. The van der Waals surface area contributed by atoms with Gasteiger partial charge in [-0.1, -0.05) is 19.9 Å². The van der Waals surface area contributed by atoms with Gasteiger partial charge in [0.25, 0.3) is 0 Å². The van der Waals surface area contributed by atoms with Gasteiger partial charge in [-0.05, 0) is 30.4 Å². The van der Waals surface area contributed by atoms with E-state index in [-0.39, 0.29) is 11.8 Å². The van der Waals surface area contributed by atoms with Gasteiger partial charge >= 0.3 is 0 Å². The number of nitrogens with one attached hydrogen (secondary N) is 1. The van der Waals surface area contributed by atoms with Crippen LogP contribution in [0.1, 0.15) is 37.8 Å². The molecule has 1 saturated heterocycles. The molecule has 0 bridgehead atoms. The van der Waals surface area contributed by atoms with Crippen molar-refractivity contribution in [3.8, 4) is 0 Å². The van der Waals surface area contributed by atoms with E-state index in [0.717, 1.165) is 11.1 Å². The second kappa shape index (κ2) is 6.70. The normalized spacial score (nSPS) is 19.6. The maximum Gasteiger partial charge on any atom is 0.245 e. The Morgan fingerprint density at radius 3 is 2.81 bits per heavy atom. The number of hydrogen-bond donors (Lipinski definition) is 1. The number of rotatable bonds is 4. The Morgan fingerprint density at radius 1 is 1.38 bits per heavy atom. The largest absolute Gasteiger partial charge is 0.344 e. The van der Waals surface area contributed by atoms with Crippen LogP contribution < -0.4 is 5.32 Å². The SMILES string of the molecule is Cc1cncc(CN2CCC(=O)NC(CC(C)C)C2=O)c1. The number of aromatic nitrogens is 1. The highest BCUT2D eigenvalue weighted by atomic mass is 16.2. The summed E-state index contributed by atoms with van der Waals surface area (Å²) in [6.07, 6.45) is 4.60. The first-order chi connectivity index (χ1) is 9.95. The molecule has 1 N–H and O–H groups in total. The first-order valence-electron chi connectivity index (χ1n) is 7.44. The third-order valence-corrected chi connectivity index (χ3v) is 3.57. The van der Waals surface area contributed by atoms with E-state index in [2.05, 4.69) is 24.1 Å². The van der Waals surface area contributed by atoms with E-state index in [4.69, 9.17) is 0 Å². The highest BCUT2D eigenvalue weighted by Crippen LogP contribution is 2.14. The van der Waals surface area contributed by atoms with Crippen LogP contribution in [0.5, 0.6) is 0 Å². The molecule has 1 aromatic rings. The molecule has 0 saturated carbocycles. The van der Waals surface area contributed by atoms with Gasteiger partial charge in [0.1, 0.15) is 6.04 Å². The van der Waals surface area contributed by atoms with Crippen LogP contribution >= 0.6 is 0 Å². The highest BCUT2D eigenvalue weighted by molar-refractivity contribution is 5.89. The molecule has 5 heteroatoms. The van der Waals surface area contributed by atoms with Crippen LogP contribution in [-0.4, -0.2) is 34.3 Å².